The van der Waals surface area contributed by atoms with Gasteiger partial charge in [-0.3, -0.25) is 4.79 Å². The summed E-state index contributed by atoms with van der Waals surface area (Å²) in [5.41, 5.74) is 2.29. The van der Waals surface area contributed by atoms with Crippen LogP contribution in [0.25, 0.3) is 0 Å². The third-order valence-corrected chi connectivity index (χ3v) is 5.58. The highest BCUT2D eigenvalue weighted by atomic mass is 32.2. The topological polar surface area (TPSA) is 59.9 Å². The van der Waals surface area contributed by atoms with Crippen molar-refractivity contribution in [2.45, 2.75) is 22.3 Å². The highest BCUT2D eigenvalue weighted by Crippen LogP contribution is 2.33. The van der Waals surface area contributed by atoms with Crippen molar-refractivity contribution >= 4 is 29.1 Å². The first-order valence-corrected chi connectivity index (χ1v) is 10.0. The summed E-state index contributed by atoms with van der Waals surface area (Å²) in [4.78, 5) is 20.3. The van der Waals surface area contributed by atoms with Crippen molar-refractivity contribution in [1.82, 2.24) is 0 Å². The number of anilines is 1. The molecule has 1 atom stereocenters. The van der Waals surface area contributed by atoms with Crippen LogP contribution in [-0.4, -0.2) is 24.8 Å². The predicted octanol–water partition coefficient (Wildman–Crippen LogP) is 4.98. The van der Waals surface area contributed by atoms with E-state index in [1.807, 2.05) is 78.9 Å². The molecule has 6 heteroatoms. The lowest BCUT2D eigenvalue weighted by molar-refractivity contribution is -0.125. The Kier molecular flexibility index (Phi) is 5.81. The van der Waals surface area contributed by atoms with Gasteiger partial charge in [-0.15, -0.1) is 0 Å². The molecule has 1 heterocycles. The van der Waals surface area contributed by atoms with Gasteiger partial charge in [0.2, 0.25) is 6.10 Å². The summed E-state index contributed by atoms with van der Waals surface area (Å²) in [5.74, 6) is 0.486. The van der Waals surface area contributed by atoms with Crippen molar-refractivity contribution in [3.05, 3.63) is 84.4 Å². The van der Waals surface area contributed by atoms with E-state index in [0.717, 1.165) is 21.0 Å². The average molecular weight is 404 g/mol. The average Bonchev–Trinajstić information content (AvgIpc) is 3.26. The van der Waals surface area contributed by atoms with Crippen LogP contribution in [0.15, 0.2) is 93.8 Å². The zero-order valence-corrected chi connectivity index (χ0v) is 16.7. The molecule has 0 spiro atoms. The van der Waals surface area contributed by atoms with E-state index in [9.17, 15) is 4.79 Å². The second kappa shape index (κ2) is 8.84. The van der Waals surface area contributed by atoms with E-state index in [1.54, 1.807) is 18.9 Å². The van der Waals surface area contributed by atoms with Gasteiger partial charge in [-0.2, -0.15) is 0 Å². The zero-order chi connectivity index (χ0) is 20.1. The van der Waals surface area contributed by atoms with Gasteiger partial charge in [-0.1, -0.05) is 59.4 Å². The number of hydrogen-bond donors (Lipinski definition) is 1. The highest BCUT2D eigenvalue weighted by molar-refractivity contribution is 7.99. The van der Waals surface area contributed by atoms with E-state index in [4.69, 9.17) is 9.57 Å². The summed E-state index contributed by atoms with van der Waals surface area (Å²) in [6.45, 7) is 0. The minimum Gasteiger partial charge on any atom is -0.496 e. The lowest BCUT2D eigenvalue weighted by atomic mass is 10.0. The van der Waals surface area contributed by atoms with Crippen molar-refractivity contribution in [2.24, 2.45) is 5.16 Å². The molecule has 5 nitrogen and oxygen atoms in total. The Morgan fingerprint density at radius 1 is 1.03 bits per heavy atom. The van der Waals surface area contributed by atoms with Crippen LogP contribution in [0.5, 0.6) is 5.75 Å². The molecule has 4 rings (SSSR count). The minimum atomic E-state index is -0.676. The van der Waals surface area contributed by atoms with Crippen molar-refractivity contribution in [3.63, 3.8) is 0 Å². The first kappa shape index (κ1) is 19.1. The van der Waals surface area contributed by atoms with Gasteiger partial charge in [0.1, 0.15) is 5.75 Å². The number of nitrogens with one attached hydrogen (secondary N) is 1. The Balaban J connectivity index is 1.45. The van der Waals surface area contributed by atoms with Gasteiger partial charge in [0.25, 0.3) is 5.91 Å². The lowest BCUT2D eigenvalue weighted by Gasteiger charge is -2.13. The number of carbonyl (C=O) groups excluding carboxylic acids is 1. The second-order valence-electron chi connectivity index (χ2n) is 6.44. The van der Waals surface area contributed by atoms with Crippen LogP contribution in [0.1, 0.15) is 12.0 Å². The first-order valence-electron chi connectivity index (χ1n) is 9.23. The molecule has 0 radical (unpaired) electrons. The van der Waals surface area contributed by atoms with Crippen LogP contribution < -0.4 is 10.1 Å². The van der Waals surface area contributed by atoms with E-state index >= 15 is 0 Å². The largest absolute Gasteiger partial charge is 0.496 e. The molecule has 146 valence electrons. The van der Waals surface area contributed by atoms with Crippen molar-refractivity contribution < 1.29 is 14.4 Å². The van der Waals surface area contributed by atoms with Crippen LogP contribution in [0.3, 0.4) is 0 Å². The molecule has 0 saturated carbocycles. The smallest absolute Gasteiger partial charge is 0.268 e. The number of ether oxygens (including phenoxy) is 1. The molecule has 0 aromatic heterocycles. The Morgan fingerprint density at radius 2 is 1.76 bits per heavy atom. The van der Waals surface area contributed by atoms with Gasteiger partial charge >= 0.3 is 0 Å². The minimum absolute atomic E-state index is 0.222. The van der Waals surface area contributed by atoms with E-state index < -0.39 is 6.10 Å². The molecule has 1 amide bonds. The van der Waals surface area contributed by atoms with Gasteiger partial charge in [0.15, 0.2) is 0 Å². The Labute approximate surface area is 173 Å². The molecule has 0 fully saturated rings. The van der Waals surface area contributed by atoms with Crippen LogP contribution >= 0.6 is 11.8 Å². The van der Waals surface area contributed by atoms with Crippen LogP contribution in [0.2, 0.25) is 0 Å². The molecule has 0 aliphatic carbocycles. The van der Waals surface area contributed by atoms with Gasteiger partial charge in [-0.25, -0.2) is 0 Å². The maximum atomic E-state index is 12.8. The second-order valence-corrected chi connectivity index (χ2v) is 7.55. The maximum absolute atomic E-state index is 12.8. The number of nitrogens with zero attached hydrogens (tertiary/aromatic N) is 1. The summed E-state index contributed by atoms with van der Waals surface area (Å²) in [6, 6.07) is 25.3. The van der Waals surface area contributed by atoms with Gasteiger partial charge in [0, 0.05) is 21.8 Å². The molecule has 3 aromatic carbocycles. The summed E-state index contributed by atoms with van der Waals surface area (Å²) in [5, 5.41) is 7.10. The van der Waals surface area contributed by atoms with E-state index in [0.29, 0.717) is 17.9 Å². The molecule has 0 unspecified atom stereocenters. The van der Waals surface area contributed by atoms with E-state index in [2.05, 4.69) is 10.5 Å². The van der Waals surface area contributed by atoms with Crippen LogP contribution in [0, 0.1) is 0 Å². The van der Waals surface area contributed by atoms with Crippen molar-refractivity contribution in [1.29, 1.82) is 0 Å². The van der Waals surface area contributed by atoms with Crippen molar-refractivity contribution in [3.8, 4) is 5.75 Å². The van der Waals surface area contributed by atoms with Crippen LogP contribution in [-0.2, 0) is 9.63 Å². The van der Waals surface area contributed by atoms with Gasteiger partial charge in [0.05, 0.1) is 18.5 Å². The number of oxime groups is 1. The van der Waals surface area contributed by atoms with E-state index in [1.165, 1.54) is 0 Å². The molecule has 3 aromatic rings. The Hall–Kier alpha value is -3.25. The first-order chi connectivity index (χ1) is 14.2. The quantitative estimate of drug-likeness (QED) is 0.630. The Morgan fingerprint density at radius 3 is 2.59 bits per heavy atom. The van der Waals surface area contributed by atoms with Gasteiger partial charge < -0.3 is 14.9 Å². The fourth-order valence-corrected chi connectivity index (χ4v) is 3.97. The number of para-hydroxylation sites is 2. The molecule has 1 aliphatic heterocycles. The number of carbonyl (C=O) groups is 1. The molecule has 1 N–H and O–H groups in total. The number of methoxy groups -OCH3 is 1. The monoisotopic (exact) mass is 404 g/mol. The Bertz CT molecular complexity index is 1040. The summed E-state index contributed by atoms with van der Waals surface area (Å²) >= 11 is 1.60. The third-order valence-electron chi connectivity index (χ3n) is 4.50. The standard InChI is InChI=1S/C23H20N2O3S/c1-27-20-13-7-5-11-17(20)19-15-21(28-25-19)23(26)24-18-12-6-8-14-22(18)29-16-9-3-2-4-10-16/h2-14,21H,15H2,1H3,(H,24,26)/t21-/m1/s1. The summed E-state index contributed by atoms with van der Waals surface area (Å²) < 4.78 is 5.38. The van der Waals surface area contributed by atoms with Crippen molar-refractivity contribution in [2.75, 3.05) is 12.4 Å². The molecule has 0 saturated heterocycles. The predicted molar refractivity (Wildman–Crippen MR) is 115 cm³/mol. The molecular formula is C23H20N2O3S. The van der Waals surface area contributed by atoms with Crippen LogP contribution in [0.4, 0.5) is 5.69 Å². The maximum Gasteiger partial charge on any atom is 0.268 e. The normalized spacial score (nSPS) is 15.3. The van der Waals surface area contributed by atoms with Gasteiger partial charge in [-0.05, 0) is 36.4 Å². The summed E-state index contributed by atoms with van der Waals surface area (Å²) in [6.07, 6.45) is -0.287. The summed E-state index contributed by atoms with van der Waals surface area (Å²) in [7, 11) is 1.61. The molecule has 1 aliphatic rings. The molecular weight excluding hydrogens is 384 g/mol. The number of rotatable bonds is 6. The fraction of sp³-hybridized carbons (Fsp3) is 0.130. The molecule has 29 heavy (non-hydrogen) atoms. The fourth-order valence-electron chi connectivity index (χ4n) is 3.05. The number of hydrogen-bond acceptors (Lipinski definition) is 5. The van der Waals surface area contributed by atoms with E-state index in [-0.39, 0.29) is 5.91 Å². The number of amides is 1. The third kappa shape index (κ3) is 4.43. The highest BCUT2D eigenvalue weighted by Gasteiger charge is 2.30. The zero-order valence-electron chi connectivity index (χ0n) is 15.9. The molecule has 0 bridgehead atoms. The SMILES string of the molecule is COc1ccccc1C1=NO[C@@H](C(=O)Nc2ccccc2Sc2ccccc2)C1. The lowest BCUT2D eigenvalue weighted by Crippen LogP contribution is -2.28. The number of benzene rings is 3.